The van der Waals surface area contributed by atoms with Crippen LogP contribution >= 0.6 is 0 Å². The molecule has 0 saturated carbocycles. The van der Waals surface area contributed by atoms with Gasteiger partial charge in [-0.25, -0.2) is 9.59 Å². The Morgan fingerprint density at radius 3 is 2.56 bits per heavy atom. The molecule has 3 rings (SSSR count). The van der Waals surface area contributed by atoms with Crippen LogP contribution in [0.25, 0.3) is 0 Å². The number of rotatable bonds is 8. The summed E-state index contributed by atoms with van der Waals surface area (Å²) in [4.78, 5) is 53.4. The summed E-state index contributed by atoms with van der Waals surface area (Å²) in [6.45, 7) is 3.13. The van der Waals surface area contributed by atoms with Crippen molar-refractivity contribution in [2.75, 3.05) is 13.2 Å². The number of carbonyl (C=O) groups excluding carboxylic acids is 3. The molecule has 10 heteroatoms. The van der Waals surface area contributed by atoms with Crippen molar-refractivity contribution in [3.8, 4) is 6.07 Å². The Bertz CT molecular complexity index is 1240. The molecule has 1 amide bonds. The van der Waals surface area contributed by atoms with Gasteiger partial charge in [0, 0.05) is 12.4 Å². The number of carboxylic acids is 1. The van der Waals surface area contributed by atoms with Crippen LogP contribution in [0.2, 0.25) is 0 Å². The number of esters is 2. The molecule has 2 aromatic rings. The summed E-state index contributed by atoms with van der Waals surface area (Å²) < 4.78 is 10.9. The van der Waals surface area contributed by atoms with E-state index in [9.17, 15) is 29.5 Å². The lowest BCUT2D eigenvalue weighted by Gasteiger charge is -2.39. The standard InChI is InChI=1S/C26H25N3O7/c1-16-12-17(2)26(15-27,21(13-16)36-24(33)18-6-5-9-28-14-18)25(34)35-11-10-29-22(30)19-7-3-4-8-20(19)23(31)32/h3-9,13-14,17,21H,10-12H2,1-2H3,(H,29,30)(H,31,32)/t17?,21-,26?/m1/s1. The maximum absolute atomic E-state index is 13.2. The molecular formula is C26H25N3O7. The van der Waals surface area contributed by atoms with Gasteiger partial charge in [0.05, 0.1) is 29.3 Å². The summed E-state index contributed by atoms with van der Waals surface area (Å²) in [6, 6.07) is 10.8. The number of hydrogen-bond acceptors (Lipinski definition) is 8. The number of nitriles is 1. The zero-order valence-corrected chi connectivity index (χ0v) is 19.8. The first-order valence-electron chi connectivity index (χ1n) is 11.2. The molecule has 0 radical (unpaired) electrons. The average Bonchev–Trinajstić information content (AvgIpc) is 2.87. The minimum Gasteiger partial charge on any atom is -0.478 e. The highest BCUT2D eigenvalue weighted by Crippen LogP contribution is 2.43. The minimum atomic E-state index is -1.79. The SMILES string of the molecule is CC1=C[C@@H](OC(=O)c2cccnc2)C(C#N)(C(=O)OCCNC(=O)c2ccccc2C(=O)O)C(C)C1. The third kappa shape index (κ3) is 5.41. The first-order valence-corrected chi connectivity index (χ1v) is 11.2. The molecule has 1 aromatic heterocycles. The van der Waals surface area contributed by atoms with Gasteiger partial charge in [0.1, 0.15) is 6.61 Å². The number of benzene rings is 1. The van der Waals surface area contributed by atoms with Crippen LogP contribution in [-0.4, -0.2) is 53.2 Å². The third-order valence-corrected chi connectivity index (χ3v) is 5.97. The lowest BCUT2D eigenvalue weighted by molar-refractivity contribution is -0.161. The van der Waals surface area contributed by atoms with Crippen LogP contribution in [0.15, 0.2) is 60.4 Å². The molecule has 1 aliphatic carbocycles. The molecule has 0 fully saturated rings. The average molecular weight is 492 g/mol. The van der Waals surface area contributed by atoms with Gasteiger partial charge in [0.25, 0.3) is 5.91 Å². The van der Waals surface area contributed by atoms with Gasteiger partial charge in [0.2, 0.25) is 0 Å². The van der Waals surface area contributed by atoms with Gasteiger partial charge in [-0.1, -0.05) is 24.6 Å². The number of pyridine rings is 1. The van der Waals surface area contributed by atoms with Crippen molar-refractivity contribution < 1.29 is 33.8 Å². The zero-order valence-electron chi connectivity index (χ0n) is 19.8. The van der Waals surface area contributed by atoms with E-state index in [1.807, 2.05) is 13.0 Å². The molecule has 1 aliphatic rings. The quantitative estimate of drug-likeness (QED) is 0.322. The van der Waals surface area contributed by atoms with E-state index in [2.05, 4.69) is 10.3 Å². The van der Waals surface area contributed by atoms with E-state index in [1.165, 1.54) is 42.7 Å². The van der Waals surface area contributed by atoms with E-state index in [-0.39, 0.29) is 29.8 Å². The number of hydrogen-bond donors (Lipinski definition) is 2. The van der Waals surface area contributed by atoms with E-state index in [0.717, 1.165) is 5.57 Å². The second-order valence-corrected chi connectivity index (χ2v) is 8.41. The Labute approximate surface area is 207 Å². The fourth-order valence-electron chi connectivity index (χ4n) is 4.10. The highest BCUT2D eigenvalue weighted by Gasteiger charge is 2.55. The molecule has 0 saturated heterocycles. The minimum absolute atomic E-state index is 0.0336. The van der Waals surface area contributed by atoms with E-state index >= 15 is 0 Å². The van der Waals surface area contributed by atoms with Gasteiger partial charge < -0.3 is 19.9 Å². The summed E-state index contributed by atoms with van der Waals surface area (Å²) in [5, 5.41) is 21.8. The van der Waals surface area contributed by atoms with Crippen molar-refractivity contribution in [3.63, 3.8) is 0 Å². The van der Waals surface area contributed by atoms with Crippen LogP contribution in [0.3, 0.4) is 0 Å². The van der Waals surface area contributed by atoms with Gasteiger partial charge in [-0.05, 0) is 49.6 Å². The Hall–Kier alpha value is -4.52. The van der Waals surface area contributed by atoms with E-state index in [1.54, 1.807) is 19.1 Å². The fraction of sp³-hybridized carbons (Fsp3) is 0.308. The number of aromatic nitrogens is 1. The van der Waals surface area contributed by atoms with Crippen molar-refractivity contribution >= 4 is 23.8 Å². The van der Waals surface area contributed by atoms with Crippen molar-refractivity contribution in [3.05, 3.63) is 77.1 Å². The predicted molar refractivity (Wildman–Crippen MR) is 126 cm³/mol. The number of carboxylic acid groups (broad SMARTS) is 1. The lowest BCUT2D eigenvalue weighted by atomic mass is 9.67. The van der Waals surface area contributed by atoms with Crippen LogP contribution in [0.4, 0.5) is 0 Å². The second kappa shape index (κ2) is 11.3. The highest BCUT2D eigenvalue weighted by atomic mass is 16.6. The van der Waals surface area contributed by atoms with Crippen molar-refractivity contribution in [1.82, 2.24) is 10.3 Å². The van der Waals surface area contributed by atoms with Crippen LogP contribution in [0.1, 0.15) is 51.3 Å². The summed E-state index contributed by atoms with van der Waals surface area (Å²) >= 11 is 0. The van der Waals surface area contributed by atoms with Crippen LogP contribution < -0.4 is 5.32 Å². The molecule has 0 spiro atoms. The Morgan fingerprint density at radius 1 is 1.19 bits per heavy atom. The zero-order chi connectivity index (χ0) is 26.3. The van der Waals surface area contributed by atoms with Gasteiger partial charge in [-0.2, -0.15) is 5.26 Å². The Morgan fingerprint density at radius 2 is 1.92 bits per heavy atom. The van der Waals surface area contributed by atoms with Crippen LogP contribution in [0, 0.1) is 22.7 Å². The first-order chi connectivity index (χ1) is 17.2. The second-order valence-electron chi connectivity index (χ2n) is 8.41. The molecular weight excluding hydrogens is 466 g/mol. The molecule has 1 heterocycles. The maximum atomic E-state index is 13.2. The number of amides is 1. The Kier molecular flexibility index (Phi) is 8.17. The number of ether oxygens (including phenoxy) is 2. The molecule has 2 unspecified atom stereocenters. The molecule has 36 heavy (non-hydrogen) atoms. The molecule has 0 bridgehead atoms. The number of nitrogens with one attached hydrogen (secondary N) is 1. The van der Waals surface area contributed by atoms with Crippen molar-refractivity contribution in [2.24, 2.45) is 11.3 Å². The molecule has 2 N–H and O–H groups in total. The van der Waals surface area contributed by atoms with Crippen molar-refractivity contribution in [2.45, 2.75) is 26.4 Å². The van der Waals surface area contributed by atoms with E-state index in [4.69, 9.17) is 9.47 Å². The number of aromatic carboxylic acids is 1. The molecule has 1 aromatic carbocycles. The van der Waals surface area contributed by atoms with Gasteiger partial charge in [0.15, 0.2) is 11.5 Å². The van der Waals surface area contributed by atoms with E-state index < -0.39 is 41.3 Å². The number of allylic oxidation sites excluding steroid dienone is 1. The molecule has 186 valence electrons. The van der Waals surface area contributed by atoms with Crippen LogP contribution in [-0.2, 0) is 14.3 Å². The summed E-state index contributed by atoms with van der Waals surface area (Å²) in [7, 11) is 0. The largest absolute Gasteiger partial charge is 0.478 e. The van der Waals surface area contributed by atoms with Crippen LogP contribution in [0.5, 0.6) is 0 Å². The number of carbonyl (C=O) groups is 4. The van der Waals surface area contributed by atoms with E-state index in [0.29, 0.717) is 6.42 Å². The lowest BCUT2D eigenvalue weighted by Crippen LogP contribution is -2.51. The molecule has 3 atom stereocenters. The fourth-order valence-corrected chi connectivity index (χ4v) is 4.10. The monoisotopic (exact) mass is 491 g/mol. The highest BCUT2D eigenvalue weighted by molar-refractivity contribution is 6.04. The maximum Gasteiger partial charge on any atom is 0.340 e. The van der Waals surface area contributed by atoms with Gasteiger partial charge in [-0.3, -0.25) is 14.6 Å². The smallest absolute Gasteiger partial charge is 0.340 e. The topological polar surface area (TPSA) is 156 Å². The molecule has 10 nitrogen and oxygen atoms in total. The van der Waals surface area contributed by atoms with Gasteiger partial charge in [-0.15, -0.1) is 0 Å². The summed E-state index contributed by atoms with van der Waals surface area (Å²) in [5.74, 6) is -4.03. The van der Waals surface area contributed by atoms with Crippen molar-refractivity contribution in [1.29, 1.82) is 5.26 Å². The normalized spacial score (nSPS) is 20.9. The summed E-state index contributed by atoms with van der Waals surface area (Å²) in [6.07, 6.45) is 3.63. The Balaban J connectivity index is 1.70. The predicted octanol–water partition coefficient (Wildman–Crippen LogP) is 2.77. The molecule has 0 aliphatic heterocycles. The number of nitrogens with zero attached hydrogens (tertiary/aromatic N) is 2. The third-order valence-electron chi connectivity index (χ3n) is 5.97. The first kappa shape index (κ1) is 26.1. The summed E-state index contributed by atoms with van der Waals surface area (Å²) in [5.41, 5.74) is -0.960. The van der Waals surface area contributed by atoms with Gasteiger partial charge >= 0.3 is 17.9 Å².